The van der Waals surface area contributed by atoms with Crippen LogP contribution in [-0.2, 0) is 17.6 Å². The quantitative estimate of drug-likeness (QED) is 0.656. The molecule has 0 spiro atoms. The molecule has 136 valence electrons. The SMILES string of the molecule is Cc1nc2sc3c(c2c2nc(C(=O)N4CCOCC4)nn12)C[C@H](C)CC3. The van der Waals surface area contributed by atoms with E-state index in [1.54, 1.807) is 20.8 Å². The Balaban J connectivity index is 1.67. The van der Waals surface area contributed by atoms with Crippen molar-refractivity contribution in [2.45, 2.75) is 33.1 Å². The normalized spacial score (nSPS) is 20.7. The maximum Gasteiger partial charge on any atom is 0.293 e. The summed E-state index contributed by atoms with van der Waals surface area (Å²) in [6, 6.07) is 0. The van der Waals surface area contributed by atoms with Crippen LogP contribution in [0.4, 0.5) is 0 Å². The fraction of sp³-hybridized carbons (Fsp3) is 0.556. The van der Waals surface area contributed by atoms with Crippen molar-refractivity contribution in [2.75, 3.05) is 26.3 Å². The Morgan fingerprint density at radius 3 is 2.88 bits per heavy atom. The Morgan fingerprint density at radius 1 is 1.27 bits per heavy atom. The molecule has 26 heavy (non-hydrogen) atoms. The van der Waals surface area contributed by atoms with Gasteiger partial charge in [-0.3, -0.25) is 4.79 Å². The van der Waals surface area contributed by atoms with Crippen molar-refractivity contribution in [1.82, 2.24) is 24.5 Å². The van der Waals surface area contributed by atoms with Gasteiger partial charge in [0.25, 0.3) is 5.91 Å². The highest BCUT2D eigenvalue weighted by Gasteiger charge is 2.27. The molecule has 4 heterocycles. The van der Waals surface area contributed by atoms with Gasteiger partial charge in [-0.15, -0.1) is 16.4 Å². The van der Waals surface area contributed by atoms with Crippen molar-refractivity contribution in [1.29, 1.82) is 0 Å². The second-order valence-electron chi connectivity index (χ2n) is 7.27. The van der Waals surface area contributed by atoms with Crippen molar-refractivity contribution >= 4 is 33.1 Å². The third-order valence-corrected chi connectivity index (χ3v) is 6.56. The average molecular weight is 371 g/mol. The van der Waals surface area contributed by atoms with E-state index >= 15 is 0 Å². The van der Waals surface area contributed by atoms with E-state index in [0.717, 1.165) is 34.5 Å². The van der Waals surface area contributed by atoms with Gasteiger partial charge in [-0.1, -0.05) is 6.92 Å². The summed E-state index contributed by atoms with van der Waals surface area (Å²) >= 11 is 1.77. The zero-order valence-corrected chi connectivity index (χ0v) is 15.8. The van der Waals surface area contributed by atoms with Gasteiger partial charge in [-0.25, -0.2) is 9.97 Å². The number of morpholine rings is 1. The molecule has 0 radical (unpaired) electrons. The maximum absolute atomic E-state index is 12.8. The molecule has 5 rings (SSSR count). The number of aryl methyl sites for hydroxylation is 2. The number of fused-ring (bicyclic) bond motifs is 5. The van der Waals surface area contributed by atoms with Gasteiger partial charge in [-0.05, 0) is 37.7 Å². The zero-order valence-electron chi connectivity index (χ0n) is 15.0. The number of hydrogen-bond acceptors (Lipinski definition) is 6. The van der Waals surface area contributed by atoms with Gasteiger partial charge in [0.05, 0.1) is 18.6 Å². The lowest BCUT2D eigenvalue weighted by Gasteiger charge is -2.25. The van der Waals surface area contributed by atoms with Gasteiger partial charge in [0.15, 0.2) is 5.65 Å². The first-order valence-corrected chi connectivity index (χ1v) is 9.98. The minimum atomic E-state index is -0.123. The largest absolute Gasteiger partial charge is 0.378 e. The summed E-state index contributed by atoms with van der Waals surface area (Å²) < 4.78 is 7.07. The van der Waals surface area contributed by atoms with E-state index in [9.17, 15) is 4.79 Å². The molecule has 3 aromatic heterocycles. The van der Waals surface area contributed by atoms with Crippen LogP contribution in [0, 0.1) is 12.8 Å². The van der Waals surface area contributed by atoms with E-state index in [-0.39, 0.29) is 11.7 Å². The molecule has 0 bridgehead atoms. The number of thiophene rings is 1. The number of carbonyl (C=O) groups is 1. The Bertz CT molecular complexity index is 1020. The third kappa shape index (κ3) is 2.43. The van der Waals surface area contributed by atoms with E-state index < -0.39 is 0 Å². The van der Waals surface area contributed by atoms with Crippen molar-refractivity contribution in [3.8, 4) is 0 Å². The minimum absolute atomic E-state index is 0.123. The molecule has 1 atom stereocenters. The molecule has 8 heteroatoms. The van der Waals surface area contributed by atoms with Gasteiger partial charge in [0, 0.05) is 18.0 Å². The lowest BCUT2D eigenvalue weighted by molar-refractivity contribution is 0.0295. The van der Waals surface area contributed by atoms with Gasteiger partial charge in [0.1, 0.15) is 10.7 Å². The highest BCUT2D eigenvalue weighted by atomic mass is 32.1. The van der Waals surface area contributed by atoms with E-state index in [4.69, 9.17) is 9.72 Å². The Kier molecular flexibility index (Phi) is 3.72. The smallest absolute Gasteiger partial charge is 0.293 e. The number of amides is 1. The van der Waals surface area contributed by atoms with Crippen LogP contribution >= 0.6 is 11.3 Å². The lowest BCUT2D eigenvalue weighted by Crippen LogP contribution is -2.41. The summed E-state index contributed by atoms with van der Waals surface area (Å²) in [4.78, 5) is 26.4. The van der Waals surface area contributed by atoms with Crippen LogP contribution < -0.4 is 0 Å². The van der Waals surface area contributed by atoms with Gasteiger partial charge < -0.3 is 9.64 Å². The molecule has 0 unspecified atom stereocenters. The number of nitrogens with zero attached hydrogens (tertiary/aromatic N) is 5. The summed E-state index contributed by atoms with van der Waals surface area (Å²) in [5.41, 5.74) is 2.13. The van der Waals surface area contributed by atoms with Crippen LogP contribution in [-0.4, -0.2) is 56.7 Å². The molecular formula is C18H21N5O2S. The number of rotatable bonds is 1. The zero-order chi connectivity index (χ0) is 17.8. The van der Waals surface area contributed by atoms with Crippen LogP contribution in [0.5, 0.6) is 0 Å². The second kappa shape index (κ2) is 5.99. The minimum Gasteiger partial charge on any atom is -0.378 e. The third-order valence-electron chi connectivity index (χ3n) is 5.38. The molecule has 0 aromatic carbocycles. The first-order valence-electron chi connectivity index (χ1n) is 9.16. The van der Waals surface area contributed by atoms with E-state index in [1.165, 1.54) is 16.9 Å². The number of aromatic nitrogens is 4. The van der Waals surface area contributed by atoms with E-state index in [1.807, 2.05) is 6.92 Å². The fourth-order valence-corrected chi connectivity index (χ4v) is 5.20. The number of ether oxygens (including phenoxy) is 1. The molecule has 3 aromatic rings. The van der Waals surface area contributed by atoms with Crippen LogP contribution in [0.2, 0.25) is 0 Å². The van der Waals surface area contributed by atoms with Crippen LogP contribution in [0.25, 0.3) is 15.9 Å². The lowest BCUT2D eigenvalue weighted by atomic mass is 9.89. The Morgan fingerprint density at radius 2 is 2.08 bits per heavy atom. The Hall–Kier alpha value is -2.06. The topological polar surface area (TPSA) is 72.6 Å². The first kappa shape index (κ1) is 16.1. The summed E-state index contributed by atoms with van der Waals surface area (Å²) in [5.74, 6) is 1.57. The first-order chi connectivity index (χ1) is 12.6. The fourth-order valence-electron chi connectivity index (χ4n) is 3.95. The van der Waals surface area contributed by atoms with Crippen LogP contribution in [0.15, 0.2) is 0 Å². The number of hydrogen-bond donors (Lipinski definition) is 0. The van der Waals surface area contributed by atoms with Crippen molar-refractivity contribution < 1.29 is 9.53 Å². The molecule has 1 amide bonds. The molecule has 0 saturated carbocycles. The van der Waals surface area contributed by atoms with Crippen LogP contribution in [0.3, 0.4) is 0 Å². The molecule has 1 aliphatic heterocycles. The van der Waals surface area contributed by atoms with Gasteiger partial charge in [-0.2, -0.15) is 4.52 Å². The molecule has 2 aliphatic rings. The predicted molar refractivity (Wildman–Crippen MR) is 98.8 cm³/mol. The highest BCUT2D eigenvalue weighted by molar-refractivity contribution is 7.19. The van der Waals surface area contributed by atoms with E-state index in [0.29, 0.717) is 32.2 Å². The van der Waals surface area contributed by atoms with E-state index in [2.05, 4.69) is 17.0 Å². The van der Waals surface area contributed by atoms with Crippen molar-refractivity contribution in [3.63, 3.8) is 0 Å². The monoisotopic (exact) mass is 371 g/mol. The highest BCUT2D eigenvalue weighted by Crippen LogP contribution is 2.39. The van der Waals surface area contributed by atoms with Gasteiger partial charge in [0.2, 0.25) is 5.82 Å². The molecular weight excluding hydrogens is 350 g/mol. The Labute approximate surface area is 155 Å². The second-order valence-corrected chi connectivity index (χ2v) is 8.35. The van der Waals surface area contributed by atoms with Gasteiger partial charge >= 0.3 is 0 Å². The van der Waals surface area contributed by atoms with Crippen LogP contribution in [0.1, 0.15) is 40.2 Å². The van der Waals surface area contributed by atoms with Crippen molar-refractivity contribution in [3.05, 3.63) is 22.1 Å². The molecule has 7 nitrogen and oxygen atoms in total. The molecule has 1 aliphatic carbocycles. The molecule has 0 N–H and O–H groups in total. The van der Waals surface area contributed by atoms with Crippen molar-refractivity contribution in [2.24, 2.45) is 5.92 Å². The number of carbonyl (C=O) groups excluding carboxylic acids is 1. The summed E-state index contributed by atoms with van der Waals surface area (Å²) in [6.07, 6.45) is 3.38. The standard InChI is InChI=1S/C18H21N5O2S/c1-10-3-4-13-12(9-10)14-16-20-15(18(24)22-5-7-25-8-6-22)21-23(16)11(2)19-17(14)26-13/h10H,3-9H2,1-2H3/t10-/m1/s1. The summed E-state index contributed by atoms with van der Waals surface area (Å²) in [7, 11) is 0. The predicted octanol–water partition coefficient (Wildman–Crippen LogP) is 2.24. The summed E-state index contributed by atoms with van der Waals surface area (Å²) in [6.45, 7) is 6.53. The molecule has 1 saturated heterocycles. The summed E-state index contributed by atoms with van der Waals surface area (Å²) in [5, 5.41) is 5.59. The molecule has 1 fully saturated rings. The maximum atomic E-state index is 12.8. The average Bonchev–Trinajstić information content (AvgIpc) is 3.23.